The third-order valence-corrected chi connectivity index (χ3v) is 7.08. The van der Waals surface area contributed by atoms with Crippen molar-refractivity contribution in [2.24, 2.45) is 0 Å². The zero-order valence-corrected chi connectivity index (χ0v) is 30.5. The molecule has 1 atom stereocenters. The van der Waals surface area contributed by atoms with Gasteiger partial charge in [0.1, 0.15) is 6.61 Å². The van der Waals surface area contributed by atoms with Crippen molar-refractivity contribution < 1.29 is 102 Å². The Labute approximate surface area is 284 Å². The second-order valence-electron chi connectivity index (χ2n) is 9.33. The maximum absolute atomic E-state index is 12.1. The molecule has 0 rings (SSSR count). The molecule has 0 saturated carbocycles. The van der Waals surface area contributed by atoms with Gasteiger partial charge in [0.25, 0.3) is 0 Å². The van der Waals surface area contributed by atoms with Crippen LogP contribution >= 0.6 is 19.6 Å². The van der Waals surface area contributed by atoms with Crippen molar-refractivity contribution in [3.05, 3.63) is 0 Å². The van der Waals surface area contributed by atoms with E-state index in [0.29, 0.717) is 12.8 Å². The van der Waals surface area contributed by atoms with Crippen LogP contribution in [0.25, 0.3) is 0 Å². The zero-order chi connectivity index (χ0) is 27.8. The van der Waals surface area contributed by atoms with Gasteiger partial charge in [0.2, 0.25) is 0 Å². The summed E-state index contributed by atoms with van der Waals surface area (Å²) in [4.78, 5) is 56.6. The maximum atomic E-state index is 12.1. The van der Waals surface area contributed by atoms with Gasteiger partial charge in [-0.1, -0.05) is 95.7 Å². The van der Waals surface area contributed by atoms with Gasteiger partial charge in [0, 0.05) is 25.5 Å². The first kappa shape index (κ1) is 44.5. The smallest absolute Gasteiger partial charge is 0.790 e. The van der Waals surface area contributed by atoms with E-state index in [-0.39, 0.29) is 83.7 Å². The van der Waals surface area contributed by atoms with Crippen LogP contribution in [-0.4, -0.2) is 42.1 Å². The molecule has 0 aliphatic carbocycles. The van der Waals surface area contributed by atoms with Gasteiger partial charge >= 0.3 is 71.1 Å². The molecule has 0 spiro atoms. The predicted molar refractivity (Wildman–Crippen MR) is 142 cm³/mol. The van der Waals surface area contributed by atoms with E-state index in [4.69, 9.17) is 9.47 Å². The molecule has 218 valence electrons. The Bertz CT molecular complexity index is 665. The third kappa shape index (κ3) is 35.2. The SMILES string of the molecule is CCCCCCCCCCCC(=O)O[C@H](COC(=O)CCCCCCCCSC(C)=O)COP(=O)([O-])[O-].[Na+].[Na+]. The molecule has 0 radical (unpaired) electrons. The molecular weight excluding hydrogens is 565 g/mol. The number of thioether (sulfide) groups is 1. The van der Waals surface area contributed by atoms with E-state index in [1.54, 1.807) is 6.92 Å². The molecule has 0 N–H and O–H groups in total. The van der Waals surface area contributed by atoms with Crippen LogP contribution in [0.1, 0.15) is 123 Å². The molecular formula is C26H47Na2O9PS. The molecule has 0 aromatic heterocycles. The molecule has 0 aromatic rings. The summed E-state index contributed by atoms with van der Waals surface area (Å²) in [6, 6.07) is 0. The first-order chi connectivity index (χ1) is 17.6. The molecule has 0 unspecified atom stereocenters. The van der Waals surface area contributed by atoms with E-state index in [2.05, 4.69) is 11.4 Å². The summed E-state index contributed by atoms with van der Waals surface area (Å²) in [6.45, 7) is 2.71. The average molecular weight is 613 g/mol. The number of hydrogen-bond acceptors (Lipinski definition) is 10. The van der Waals surface area contributed by atoms with Gasteiger partial charge in [-0.15, -0.1) is 0 Å². The summed E-state index contributed by atoms with van der Waals surface area (Å²) < 4.78 is 25.4. The molecule has 0 aliphatic rings. The van der Waals surface area contributed by atoms with Gasteiger partial charge in [0.15, 0.2) is 11.2 Å². The minimum atomic E-state index is -5.25. The van der Waals surface area contributed by atoms with Crippen molar-refractivity contribution >= 4 is 36.6 Å². The predicted octanol–water partition coefficient (Wildman–Crippen LogP) is -0.774. The Morgan fingerprint density at radius 2 is 1.18 bits per heavy atom. The number of carbonyl (C=O) groups excluding carboxylic acids is 3. The number of esters is 2. The normalized spacial score (nSPS) is 11.7. The van der Waals surface area contributed by atoms with E-state index in [1.807, 2.05) is 0 Å². The molecule has 13 heteroatoms. The summed E-state index contributed by atoms with van der Waals surface area (Å²) in [5, 5.41) is 0.135. The fourth-order valence-corrected chi connectivity index (χ4v) is 4.65. The maximum Gasteiger partial charge on any atom is 1.00 e. The summed E-state index contributed by atoms with van der Waals surface area (Å²) in [6.07, 6.45) is 14.7. The second kappa shape index (κ2) is 30.5. The topological polar surface area (TPSA) is 142 Å². The standard InChI is InChI=1S/C26H49O9PS.2Na/c1-3-4-5-6-7-8-9-13-16-19-26(29)35-24(22-34-36(30,31)32)21-33-25(28)18-15-12-10-11-14-17-20-37-23(2)27;;/h24H,3-22H2,1-2H3,(H2,30,31,32);;/q;2*+1/p-2/t24-;;/m1../s1. The van der Waals surface area contributed by atoms with E-state index >= 15 is 0 Å². The molecule has 0 saturated heterocycles. The Hall–Kier alpha value is 1.07. The quantitative estimate of drug-likeness (QED) is 0.0558. The third-order valence-electron chi connectivity index (χ3n) is 5.71. The van der Waals surface area contributed by atoms with Crippen molar-refractivity contribution in [3.63, 3.8) is 0 Å². The number of phosphoric ester groups is 1. The number of phosphoric acid groups is 1. The fourth-order valence-electron chi connectivity index (χ4n) is 3.67. The molecule has 0 heterocycles. The Kier molecular flexibility index (Phi) is 34.8. The van der Waals surface area contributed by atoms with Crippen LogP contribution < -0.4 is 68.9 Å². The molecule has 0 bridgehead atoms. The van der Waals surface area contributed by atoms with E-state index < -0.39 is 32.5 Å². The van der Waals surface area contributed by atoms with Crippen LogP contribution in [0.5, 0.6) is 0 Å². The van der Waals surface area contributed by atoms with Gasteiger partial charge in [-0.2, -0.15) is 0 Å². The van der Waals surface area contributed by atoms with Crippen molar-refractivity contribution in [3.8, 4) is 0 Å². The summed E-state index contributed by atoms with van der Waals surface area (Å²) in [7, 11) is -5.25. The van der Waals surface area contributed by atoms with E-state index in [9.17, 15) is 28.7 Å². The summed E-state index contributed by atoms with van der Waals surface area (Å²) >= 11 is 1.34. The Morgan fingerprint density at radius 3 is 1.67 bits per heavy atom. The van der Waals surface area contributed by atoms with Crippen LogP contribution in [0.2, 0.25) is 0 Å². The Morgan fingerprint density at radius 1 is 0.718 bits per heavy atom. The first-order valence-corrected chi connectivity index (χ1v) is 16.2. The number of carbonyl (C=O) groups is 3. The molecule has 0 fully saturated rings. The summed E-state index contributed by atoms with van der Waals surface area (Å²) in [5.41, 5.74) is 0. The second-order valence-corrected chi connectivity index (χ2v) is 11.8. The molecule has 39 heavy (non-hydrogen) atoms. The molecule has 0 aromatic carbocycles. The van der Waals surface area contributed by atoms with Crippen LogP contribution in [0, 0.1) is 0 Å². The van der Waals surface area contributed by atoms with Crippen LogP contribution in [0.15, 0.2) is 0 Å². The Balaban J connectivity index is -0.00000648. The first-order valence-electron chi connectivity index (χ1n) is 13.8. The van der Waals surface area contributed by atoms with Crippen LogP contribution in [0.4, 0.5) is 0 Å². The van der Waals surface area contributed by atoms with E-state index in [1.165, 1.54) is 43.9 Å². The van der Waals surface area contributed by atoms with Crippen molar-refractivity contribution in [1.29, 1.82) is 0 Å². The van der Waals surface area contributed by atoms with Gasteiger partial charge in [-0.3, -0.25) is 14.4 Å². The fraction of sp³-hybridized carbons (Fsp3) is 0.885. The van der Waals surface area contributed by atoms with E-state index in [0.717, 1.165) is 57.1 Å². The number of hydrogen-bond donors (Lipinski definition) is 0. The van der Waals surface area contributed by atoms with Crippen LogP contribution in [0.3, 0.4) is 0 Å². The van der Waals surface area contributed by atoms with Gasteiger partial charge in [-0.05, 0) is 19.3 Å². The number of unbranched alkanes of at least 4 members (excludes halogenated alkanes) is 13. The molecule has 0 amide bonds. The number of ether oxygens (including phenoxy) is 2. The monoisotopic (exact) mass is 612 g/mol. The summed E-state index contributed by atoms with van der Waals surface area (Å²) in [5.74, 6) is -0.184. The van der Waals surface area contributed by atoms with Crippen molar-refractivity contribution in [1.82, 2.24) is 0 Å². The molecule has 9 nitrogen and oxygen atoms in total. The zero-order valence-electron chi connectivity index (χ0n) is 24.7. The van der Waals surface area contributed by atoms with Gasteiger partial charge in [-0.25, -0.2) is 0 Å². The minimum Gasteiger partial charge on any atom is -0.790 e. The van der Waals surface area contributed by atoms with Gasteiger partial charge in [0.05, 0.1) is 14.4 Å². The van der Waals surface area contributed by atoms with Crippen molar-refractivity contribution in [2.75, 3.05) is 19.0 Å². The molecule has 0 aliphatic heterocycles. The van der Waals surface area contributed by atoms with Gasteiger partial charge < -0.3 is 28.3 Å². The minimum absolute atomic E-state index is 0. The van der Waals surface area contributed by atoms with Crippen molar-refractivity contribution in [2.45, 2.75) is 129 Å². The largest absolute Gasteiger partial charge is 1.00 e. The number of rotatable bonds is 25. The average Bonchev–Trinajstić information content (AvgIpc) is 2.82. The van der Waals surface area contributed by atoms with Crippen LogP contribution in [-0.2, 0) is 32.9 Å².